The number of halogens is 3. The first-order valence-electron chi connectivity index (χ1n) is 10.7. The molecule has 1 aliphatic rings. The number of sulfone groups is 1. The highest BCUT2D eigenvalue weighted by molar-refractivity contribution is 7.90. The van der Waals surface area contributed by atoms with Gasteiger partial charge in [0.1, 0.15) is 0 Å². The van der Waals surface area contributed by atoms with Crippen LogP contribution in [0.25, 0.3) is 0 Å². The molecule has 4 rings (SSSR count). The normalized spacial score (nSPS) is 17.1. The molecule has 1 N–H and O–H groups in total. The Kier molecular flexibility index (Phi) is 6.74. The number of alkyl halides is 3. The monoisotopic (exact) mass is 495 g/mol. The predicted molar refractivity (Wildman–Crippen MR) is 116 cm³/mol. The summed E-state index contributed by atoms with van der Waals surface area (Å²) < 4.78 is 67.4. The molecule has 34 heavy (non-hydrogen) atoms. The summed E-state index contributed by atoms with van der Waals surface area (Å²) in [5.74, 6) is -0.448. The molecule has 1 aromatic heterocycles. The van der Waals surface area contributed by atoms with Gasteiger partial charge in [0.15, 0.2) is 21.5 Å². The Morgan fingerprint density at radius 3 is 2.44 bits per heavy atom. The van der Waals surface area contributed by atoms with Crippen molar-refractivity contribution in [3.05, 3.63) is 71.0 Å². The van der Waals surface area contributed by atoms with E-state index in [1.807, 2.05) is 11.8 Å². The number of aryl methyl sites for hydroxylation is 1. The van der Waals surface area contributed by atoms with Crippen molar-refractivity contribution in [2.45, 2.75) is 48.9 Å². The molecule has 0 saturated carbocycles. The minimum Gasteiger partial charge on any atom is -0.393 e. The van der Waals surface area contributed by atoms with E-state index >= 15 is 0 Å². The quantitative estimate of drug-likeness (QED) is 0.561. The number of tetrazole rings is 1. The zero-order chi connectivity index (χ0) is 24.5. The van der Waals surface area contributed by atoms with E-state index in [2.05, 4.69) is 15.5 Å². The third-order valence-corrected chi connectivity index (χ3v) is 7.45. The van der Waals surface area contributed by atoms with Crippen LogP contribution in [0.1, 0.15) is 41.4 Å². The molecule has 1 atom stereocenters. The molecule has 0 bridgehead atoms. The maximum Gasteiger partial charge on any atom is 0.416 e. The van der Waals surface area contributed by atoms with Crippen molar-refractivity contribution in [1.82, 2.24) is 25.1 Å². The molecule has 1 aliphatic heterocycles. The summed E-state index contributed by atoms with van der Waals surface area (Å²) >= 11 is 0. The predicted octanol–water partition coefficient (Wildman–Crippen LogP) is 2.98. The number of aromatic nitrogens is 4. The molecule has 8 nitrogen and oxygen atoms in total. The minimum atomic E-state index is -4.54. The molecule has 12 heteroatoms. The van der Waals surface area contributed by atoms with E-state index in [1.54, 1.807) is 18.2 Å². The zero-order valence-electron chi connectivity index (χ0n) is 18.4. The van der Waals surface area contributed by atoms with Crippen molar-refractivity contribution in [3.8, 4) is 0 Å². The lowest BCUT2D eigenvalue weighted by Crippen LogP contribution is -2.40. The maximum absolute atomic E-state index is 13.4. The molecule has 0 unspecified atom stereocenters. The Hall–Kier alpha value is -2.83. The average Bonchev–Trinajstić information content (AvgIpc) is 3.22. The van der Waals surface area contributed by atoms with Crippen LogP contribution < -0.4 is 0 Å². The van der Waals surface area contributed by atoms with E-state index < -0.39 is 39.6 Å². The summed E-state index contributed by atoms with van der Waals surface area (Å²) in [4.78, 5) is 1.96. The van der Waals surface area contributed by atoms with Crippen molar-refractivity contribution in [2.24, 2.45) is 0 Å². The van der Waals surface area contributed by atoms with Crippen LogP contribution in [0.2, 0.25) is 0 Å². The molecular formula is C22H24F3N5O3S. The number of piperidine rings is 1. The van der Waals surface area contributed by atoms with Crippen LogP contribution in [0.5, 0.6) is 0 Å². The average molecular weight is 496 g/mol. The number of hydrogen-bond donors (Lipinski definition) is 1. The molecule has 3 aromatic rings. The van der Waals surface area contributed by atoms with Gasteiger partial charge in [0.25, 0.3) is 0 Å². The molecule has 1 saturated heterocycles. The van der Waals surface area contributed by atoms with Crippen LogP contribution in [-0.4, -0.2) is 57.8 Å². The van der Waals surface area contributed by atoms with Crippen LogP contribution >= 0.6 is 0 Å². The Bertz CT molecular complexity index is 1240. The Labute approximate surface area is 194 Å². The first-order chi connectivity index (χ1) is 16.0. The van der Waals surface area contributed by atoms with Crippen molar-refractivity contribution in [2.75, 3.05) is 13.1 Å². The Morgan fingerprint density at radius 1 is 1.12 bits per heavy atom. The van der Waals surface area contributed by atoms with Crippen LogP contribution in [-0.2, 0) is 21.9 Å². The fourth-order valence-electron chi connectivity index (χ4n) is 4.03. The largest absolute Gasteiger partial charge is 0.416 e. The van der Waals surface area contributed by atoms with E-state index in [1.165, 1.54) is 18.2 Å². The fourth-order valence-corrected chi connectivity index (χ4v) is 5.24. The number of aliphatic hydroxyl groups is 1. The first-order valence-corrected chi connectivity index (χ1v) is 12.3. The summed E-state index contributed by atoms with van der Waals surface area (Å²) in [7, 11) is -3.83. The fraction of sp³-hybridized carbons (Fsp3) is 0.409. The van der Waals surface area contributed by atoms with Crippen LogP contribution in [0.4, 0.5) is 13.2 Å². The third kappa shape index (κ3) is 5.29. The summed E-state index contributed by atoms with van der Waals surface area (Å²) in [6.45, 7) is 2.62. The minimum absolute atomic E-state index is 0.0938. The van der Waals surface area contributed by atoms with E-state index in [-0.39, 0.29) is 16.3 Å². The molecular weight excluding hydrogens is 471 g/mol. The van der Waals surface area contributed by atoms with Gasteiger partial charge in [0.2, 0.25) is 0 Å². The first kappa shape index (κ1) is 24.3. The second-order valence-electron chi connectivity index (χ2n) is 8.39. The Morgan fingerprint density at radius 2 is 1.79 bits per heavy atom. The molecule has 182 valence electrons. The van der Waals surface area contributed by atoms with Gasteiger partial charge in [-0.1, -0.05) is 29.8 Å². The second kappa shape index (κ2) is 9.43. The second-order valence-corrected chi connectivity index (χ2v) is 10.3. The standard InChI is InChI=1S/C22H24F3N5O3S/c1-15-5-7-19(8-6-15)34(32,33)14-30-21(26-27-28-30)20(29-11-9-18(31)10-12-29)16-3-2-4-17(13-16)22(23,24)25/h2-8,13,18,20,31H,9-12,14H2,1H3/t20-/m1/s1. The van der Waals surface area contributed by atoms with Gasteiger partial charge in [-0.25, -0.2) is 13.1 Å². The van der Waals surface area contributed by atoms with Crippen molar-refractivity contribution < 1.29 is 26.7 Å². The van der Waals surface area contributed by atoms with E-state index in [0.717, 1.165) is 22.4 Å². The number of rotatable bonds is 6. The number of hydrogen-bond acceptors (Lipinski definition) is 7. The van der Waals surface area contributed by atoms with E-state index in [4.69, 9.17) is 0 Å². The lowest BCUT2D eigenvalue weighted by atomic mass is 9.98. The molecule has 0 aliphatic carbocycles. The van der Waals surface area contributed by atoms with E-state index in [0.29, 0.717) is 25.9 Å². The van der Waals surface area contributed by atoms with E-state index in [9.17, 15) is 26.7 Å². The van der Waals surface area contributed by atoms with Crippen LogP contribution in [0, 0.1) is 6.92 Å². The summed E-state index contributed by atoms with van der Waals surface area (Å²) in [6.07, 6.45) is -4.19. The van der Waals surface area contributed by atoms with Gasteiger partial charge >= 0.3 is 6.18 Å². The highest BCUT2D eigenvalue weighted by Gasteiger charge is 2.35. The highest BCUT2D eigenvalue weighted by atomic mass is 32.2. The Balaban J connectivity index is 1.74. The molecule has 0 spiro atoms. The van der Waals surface area contributed by atoms with Gasteiger partial charge in [-0.3, -0.25) is 4.90 Å². The molecule has 1 fully saturated rings. The van der Waals surface area contributed by atoms with Gasteiger partial charge in [-0.05, 0) is 60.0 Å². The molecule has 0 amide bonds. The van der Waals surface area contributed by atoms with Gasteiger partial charge in [-0.2, -0.15) is 13.2 Å². The highest BCUT2D eigenvalue weighted by Crippen LogP contribution is 2.35. The lowest BCUT2D eigenvalue weighted by molar-refractivity contribution is -0.137. The number of benzene rings is 2. The van der Waals surface area contributed by atoms with Crippen LogP contribution in [0.3, 0.4) is 0 Å². The van der Waals surface area contributed by atoms with Gasteiger partial charge in [-0.15, -0.1) is 5.10 Å². The molecule has 0 radical (unpaired) electrons. The number of aliphatic hydroxyl groups excluding tert-OH is 1. The number of likely N-dealkylation sites (tertiary alicyclic amines) is 1. The van der Waals surface area contributed by atoms with Crippen molar-refractivity contribution in [1.29, 1.82) is 0 Å². The summed E-state index contributed by atoms with van der Waals surface area (Å²) in [5, 5.41) is 21.4. The maximum atomic E-state index is 13.4. The molecule has 2 heterocycles. The van der Waals surface area contributed by atoms with Crippen molar-refractivity contribution in [3.63, 3.8) is 0 Å². The van der Waals surface area contributed by atoms with Gasteiger partial charge in [0.05, 0.1) is 22.6 Å². The topological polar surface area (TPSA) is 101 Å². The van der Waals surface area contributed by atoms with Gasteiger partial charge < -0.3 is 5.11 Å². The van der Waals surface area contributed by atoms with Crippen molar-refractivity contribution >= 4 is 9.84 Å². The van der Waals surface area contributed by atoms with Crippen LogP contribution in [0.15, 0.2) is 53.4 Å². The smallest absolute Gasteiger partial charge is 0.393 e. The number of nitrogens with zero attached hydrogens (tertiary/aromatic N) is 5. The summed E-state index contributed by atoms with van der Waals surface area (Å²) in [5.41, 5.74) is 0.368. The van der Waals surface area contributed by atoms with Gasteiger partial charge in [0, 0.05) is 13.1 Å². The third-order valence-electron chi connectivity index (χ3n) is 5.87. The zero-order valence-corrected chi connectivity index (χ0v) is 19.2. The lowest BCUT2D eigenvalue weighted by Gasteiger charge is -2.35. The SMILES string of the molecule is Cc1ccc(S(=O)(=O)Cn2nnnc2[C@@H](c2cccc(C(F)(F)F)c2)N2CCC(O)CC2)cc1. The summed E-state index contributed by atoms with van der Waals surface area (Å²) in [6, 6.07) is 10.4. The molecule has 2 aromatic carbocycles.